The monoisotopic (exact) mass is 195 g/mol. The van der Waals surface area contributed by atoms with Gasteiger partial charge in [-0.2, -0.15) is 0 Å². The molecule has 4 heteroatoms. The van der Waals surface area contributed by atoms with E-state index >= 15 is 0 Å². The molecule has 3 nitrogen and oxygen atoms in total. The van der Waals surface area contributed by atoms with E-state index in [0.29, 0.717) is 11.3 Å². The molecule has 1 aliphatic rings. The molecule has 0 bridgehead atoms. The first-order valence-electron chi connectivity index (χ1n) is 3.71. The maximum atomic E-state index is 11.5. The van der Waals surface area contributed by atoms with E-state index in [9.17, 15) is 4.79 Å². The van der Waals surface area contributed by atoms with Crippen molar-refractivity contribution in [1.82, 2.24) is 4.42 Å². The summed E-state index contributed by atoms with van der Waals surface area (Å²) in [4.78, 5) is 11.5. The molecule has 1 aromatic rings. The normalized spacial score (nSPS) is 14.8. The van der Waals surface area contributed by atoms with Crippen LogP contribution in [-0.2, 0) is 0 Å². The van der Waals surface area contributed by atoms with Crippen molar-refractivity contribution in [3.05, 3.63) is 42.3 Å². The zero-order valence-electron chi connectivity index (χ0n) is 6.61. The molecule has 13 heavy (non-hydrogen) atoms. The molecule has 0 saturated heterocycles. The molecule has 0 saturated carbocycles. The van der Waals surface area contributed by atoms with Crippen LogP contribution in [0, 0.1) is 0 Å². The van der Waals surface area contributed by atoms with Crippen LogP contribution in [0.1, 0.15) is 10.4 Å². The summed E-state index contributed by atoms with van der Waals surface area (Å²) in [5, 5.41) is 0. The maximum absolute atomic E-state index is 11.5. The SMILES string of the molecule is O=C1c2ccccc2OC=CN1Cl. The van der Waals surface area contributed by atoms with Crippen LogP contribution in [0.3, 0.4) is 0 Å². The minimum Gasteiger partial charge on any atom is -0.463 e. The highest BCUT2D eigenvalue weighted by molar-refractivity contribution is 6.25. The molecule has 0 atom stereocenters. The van der Waals surface area contributed by atoms with Crippen molar-refractivity contribution >= 4 is 17.7 Å². The van der Waals surface area contributed by atoms with Gasteiger partial charge in [0, 0.05) is 11.8 Å². The molecule has 1 aliphatic heterocycles. The van der Waals surface area contributed by atoms with Crippen LogP contribution in [0.15, 0.2) is 36.7 Å². The summed E-state index contributed by atoms with van der Waals surface area (Å²) in [7, 11) is 0. The third-order valence-corrected chi connectivity index (χ3v) is 1.96. The number of halogens is 1. The van der Waals surface area contributed by atoms with Crippen molar-refractivity contribution in [3.63, 3.8) is 0 Å². The second kappa shape index (κ2) is 3.11. The van der Waals surface area contributed by atoms with Crippen molar-refractivity contribution in [2.75, 3.05) is 0 Å². The first kappa shape index (κ1) is 8.13. The van der Waals surface area contributed by atoms with Gasteiger partial charge in [0.15, 0.2) is 0 Å². The predicted molar refractivity (Wildman–Crippen MR) is 48.2 cm³/mol. The van der Waals surface area contributed by atoms with E-state index in [1.165, 1.54) is 12.5 Å². The molecule has 0 radical (unpaired) electrons. The molecule has 1 aromatic carbocycles. The highest BCUT2D eigenvalue weighted by Crippen LogP contribution is 2.23. The number of amides is 1. The van der Waals surface area contributed by atoms with Crippen molar-refractivity contribution < 1.29 is 9.53 Å². The van der Waals surface area contributed by atoms with E-state index in [1.807, 2.05) is 0 Å². The molecular formula is C9H6ClNO2. The zero-order valence-corrected chi connectivity index (χ0v) is 7.36. The van der Waals surface area contributed by atoms with E-state index in [4.69, 9.17) is 16.5 Å². The number of rotatable bonds is 0. The van der Waals surface area contributed by atoms with Gasteiger partial charge >= 0.3 is 0 Å². The van der Waals surface area contributed by atoms with Crippen molar-refractivity contribution in [2.24, 2.45) is 0 Å². The summed E-state index contributed by atoms with van der Waals surface area (Å²) >= 11 is 5.62. The third-order valence-electron chi connectivity index (χ3n) is 1.70. The fourth-order valence-electron chi connectivity index (χ4n) is 1.09. The maximum Gasteiger partial charge on any atom is 0.276 e. The molecule has 0 aromatic heterocycles. The van der Waals surface area contributed by atoms with E-state index < -0.39 is 0 Å². The van der Waals surface area contributed by atoms with Crippen LogP contribution < -0.4 is 4.74 Å². The van der Waals surface area contributed by atoms with E-state index in [0.717, 1.165) is 4.42 Å². The molecule has 0 N–H and O–H groups in total. The van der Waals surface area contributed by atoms with Gasteiger partial charge < -0.3 is 4.74 Å². The lowest BCUT2D eigenvalue weighted by atomic mass is 10.2. The highest BCUT2D eigenvalue weighted by atomic mass is 35.5. The smallest absolute Gasteiger partial charge is 0.276 e. The fraction of sp³-hybridized carbons (Fsp3) is 0. The van der Waals surface area contributed by atoms with Gasteiger partial charge in [0.1, 0.15) is 12.0 Å². The van der Waals surface area contributed by atoms with E-state index in [-0.39, 0.29) is 5.91 Å². The lowest BCUT2D eigenvalue weighted by molar-refractivity contribution is 0.0901. The van der Waals surface area contributed by atoms with Crippen LogP contribution in [0.2, 0.25) is 0 Å². The Labute approximate surface area is 80.3 Å². The third kappa shape index (κ3) is 1.38. The summed E-state index contributed by atoms with van der Waals surface area (Å²) in [6, 6.07) is 6.94. The van der Waals surface area contributed by atoms with Gasteiger partial charge in [0.25, 0.3) is 5.91 Å². The molecule has 0 unspecified atom stereocenters. The van der Waals surface area contributed by atoms with Gasteiger partial charge in [-0.25, -0.2) is 4.42 Å². The second-order valence-corrected chi connectivity index (χ2v) is 2.88. The standard InChI is InChI=1S/C9H6ClNO2/c10-11-5-6-13-8-4-2-1-3-7(8)9(11)12/h1-6H. The van der Waals surface area contributed by atoms with E-state index in [1.54, 1.807) is 24.3 Å². The summed E-state index contributed by atoms with van der Waals surface area (Å²) in [6.07, 6.45) is 2.74. The quantitative estimate of drug-likeness (QED) is 0.594. The first-order valence-corrected chi connectivity index (χ1v) is 4.04. The second-order valence-electron chi connectivity index (χ2n) is 2.52. The number of para-hydroxylation sites is 1. The molecule has 0 spiro atoms. The van der Waals surface area contributed by atoms with Gasteiger partial charge in [0.05, 0.1) is 11.8 Å². The van der Waals surface area contributed by atoms with Crippen LogP contribution in [0.4, 0.5) is 0 Å². The number of carbonyl (C=O) groups excluding carboxylic acids is 1. The minimum absolute atomic E-state index is 0.286. The van der Waals surface area contributed by atoms with Crippen LogP contribution in [-0.4, -0.2) is 10.3 Å². The molecule has 66 valence electrons. The highest BCUT2D eigenvalue weighted by Gasteiger charge is 2.18. The number of carbonyl (C=O) groups is 1. The van der Waals surface area contributed by atoms with Gasteiger partial charge in [-0.05, 0) is 12.1 Å². The molecular weight excluding hydrogens is 190 g/mol. The fourth-order valence-corrected chi connectivity index (χ4v) is 1.22. The Morgan fingerprint density at radius 2 is 2.08 bits per heavy atom. The number of benzene rings is 1. The number of hydrogen-bond acceptors (Lipinski definition) is 2. The van der Waals surface area contributed by atoms with Crippen molar-refractivity contribution in [3.8, 4) is 5.75 Å². The molecule has 1 amide bonds. The number of nitrogens with zero attached hydrogens (tertiary/aromatic N) is 1. The zero-order chi connectivity index (χ0) is 9.26. The topological polar surface area (TPSA) is 29.5 Å². The number of fused-ring (bicyclic) bond motifs is 1. The van der Waals surface area contributed by atoms with E-state index in [2.05, 4.69) is 0 Å². The Hall–Kier alpha value is -1.48. The minimum atomic E-state index is -0.286. The summed E-state index contributed by atoms with van der Waals surface area (Å²) in [5.41, 5.74) is 0.461. The largest absolute Gasteiger partial charge is 0.463 e. The average molecular weight is 196 g/mol. The van der Waals surface area contributed by atoms with Gasteiger partial charge in [-0.1, -0.05) is 12.1 Å². The first-order chi connectivity index (χ1) is 6.29. The van der Waals surface area contributed by atoms with Crippen molar-refractivity contribution in [2.45, 2.75) is 0 Å². The number of hydrogen-bond donors (Lipinski definition) is 0. The van der Waals surface area contributed by atoms with Gasteiger partial charge in [-0.3, -0.25) is 4.79 Å². The van der Waals surface area contributed by atoms with Crippen LogP contribution in [0.5, 0.6) is 5.75 Å². The van der Waals surface area contributed by atoms with Gasteiger partial charge in [-0.15, -0.1) is 0 Å². The molecule has 1 heterocycles. The lowest BCUT2D eigenvalue weighted by Crippen LogP contribution is -2.14. The summed E-state index contributed by atoms with van der Waals surface area (Å²) in [5.74, 6) is 0.234. The summed E-state index contributed by atoms with van der Waals surface area (Å²) in [6.45, 7) is 0. The van der Waals surface area contributed by atoms with Gasteiger partial charge in [0.2, 0.25) is 0 Å². The molecule has 0 fully saturated rings. The Morgan fingerprint density at radius 1 is 1.31 bits per heavy atom. The summed E-state index contributed by atoms with van der Waals surface area (Å²) < 4.78 is 6.13. The Kier molecular flexibility index (Phi) is 1.94. The number of ether oxygens (including phenoxy) is 1. The Morgan fingerprint density at radius 3 is 2.92 bits per heavy atom. The predicted octanol–water partition coefficient (Wildman–Crippen LogP) is 2.15. The molecule has 2 rings (SSSR count). The molecule has 0 aliphatic carbocycles. The Balaban J connectivity index is 2.53. The van der Waals surface area contributed by atoms with Crippen LogP contribution in [0.25, 0.3) is 0 Å². The average Bonchev–Trinajstić information content (AvgIpc) is 2.29. The Bertz CT molecular complexity index is 376. The van der Waals surface area contributed by atoms with Crippen LogP contribution >= 0.6 is 11.8 Å². The van der Waals surface area contributed by atoms with Crippen molar-refractivity contribution in [1.29, 1.82) is 0 Å². The lowest BCUT2D eigenvalue weighted by Gasteiger charge is -2.06.